The van der Waals surface area contributed by atoms with Gasteiger partial charge in [-0.2, -0.15) is 11.8 Å². The summed E-state index contributed by atoms with van der Waals surface area (Å²) >= 11 is 1.38. The number of thioether (sulfide) groups is 1. The summed E-state index contributed by atoms with van der Waals surface area (Å²) in [5, 5.41) is 2.08. The Morgan fingerprint density at radius 2 is 2.23 bits per heavy atom. The lowest BCUT2D eigenvalue weighted by Gasteiger charge is -2.02. The highest BCUT2D eigenvalue weighted by atomic mass is 32.2. The second-order valence-corrected chi connectivity index (χ2v) is 3.22. The molecule has 0 aliphatic rings. The summed E-state index contributed by atoms with van der Waals surface area (Å²) in [6.07, 6.45) is -0.694. The van der Waals surface area contributed by atoms with Crippen LogP contribution >= 0.6 is 11.8 Å². The molecule has 0 bridgehead atoms. The highest BCUT2D eigenvalue weighted by Crippen LogP contribution is 1.96. The van der Waals surface area contributed by atoms with Gasteiger partial charge >= 0.3 is 6.09 Å². The van der Waals surface area contributed by atoms with Crippen molar-refractivity contribution in [2.24, 2.45) is 5.73 Å². The molecule has 0 fully saturated rings. The number of nitrogens with one attached hydrogen (secondary N) is 1. The lowest BCUT2D eigenvalue weighted by Crippen LogP contribution is -2.32. The van der Waals surface area contributed by atoms with Crippen LogP contribution in [0.1, 0.15) is 6.92 Å². The minimum Gasteiger partial charge on any atom is -0.450 e. The molecule has 5 nitrogen and oxygen atoms in total. The maximum absolute atomic E-state index is 10.9. The molecule has 13 heavy (non-hydrogen) atoms. The molecule has 0 atom stereocenters. The maximum atomic E-state index is 10.9. The Morgan fingerprint density at radius 1 is 1.54 bits per heavy atom. The minimum absolute atomic E-state index is 0.232. The maximum Gasteiger partial charge on any atom is 0.413 e. The Bertz CT molecular complexity index is 175. The first kappa shape index (κ1) is 12.2. The zero-order valence-electron chi connectivity index (χ0n) is 7.54. The monoisotopic (exact) mass is 206 g/mol. The number of alkyl carbamates (subject to hydrolysis) is 1. The van der Waals surface area contributed by atoms with Crippen LogP contribution in [0.5, 0.6) is 0 Å². The van der Waals surface area contributed by atoms with E-state index in [2.05, 4.69) is 10.1 Å². The van der Waals surface area contributed by atoms with Gasteiger partial charge in [0, 0.05) is 12.3 Å². The summed E-state index contributed by atoms with van der Waals surface area (Å²) in [5.74, 6) is 0.587. The molecule has 6 heteroatoms. The van der Waals surface area contributed by atoms with Crippen molar-refractivity contribution >= 4 is 23.8 Å². The van der Waals surface area contributed by atoms with Crippen molar-refractivity contribution in [1.29, 1.82) is 0 Å². The zero-order valence-corrected chi connectivity index (χ0v) is 8.36. The van der Waals surface area contributed by atoms with Crippen molar-refractivity contribution in [2.45, 2.75) is 6.92 Å². The Hall–Kier alpha value is -0.750. The van der Waals surface area contributed by atoms with E-state index in [-0.39, 0.29) is 18.3 Å². The smallest absolute Gasteiger partial charge is 0.413 e. The first-order valence-corrected chi connectivity index (χ1v) is 5.10. The van der Waals surface area contributed by atoms with E-state index in [0.717, 1.165) is 0 Å². The normalized spacial score (nSPS) is 9.38. The molecule has 0 spiro atoms. The average molecular weight is 206 g/mol. The van der Waals surface area contributed by atoms with E-state index < -0.39 is 6.09 Å². The number of carbonyl (C=O) groups excluding carboxylic acids is 2. The zero-order chi connectivity index (χ0) is 10.1. The second kappa shape index (κ2) is 7.88. The molecule has 0 saturated carbocycles. The van der Waals surface area contributed by atoms with Gasteiger partial charge in [-0.25, -0.2) is 4.79 Å². The molecule has 0 heterocycles. The van der Waals surface area contributed by atoms with Gasteiger partial charge in [0.05, 0.1) is 12.4 Å². The van der Waals surface area contributed by atoms with Crippen LogP contribution in [-0.4, -0.2) is 36.7 Å². The molecule has 0 radical (unpaired) electrons. The van der Waals surface area contributed by atoms with Gasteiger partial charge < -0.3 is 10.5 Å². The van der Waals surface area contributed by atoms with Crippen LogP contribution in [0.25, 0.3) is 0 Å². The lowest BCUT2D eigenvalue weighted by atomic mass is 10.7. The van der Waals surface area contributed by atoms with Gasteiger partial charge in [0.1, 0.15) is 0 Å². The number of nitrogens with two attached hydrogens (primary N) is 1. The topological polar surface area (TPSA) is 81.4 Å². The van der Waals surface area contributed by atoms with E-state index in [0.29, 0.717) is 12.3 Å². The molecule has 0 aromatic rings. The highest BCUT2D eigenvalue weighted by Gasteiger charge is 2.06. The fourth-order valence-corrected chi connectivity index (χ4v) is 1.13. The molecule has 76 valence electrons. The van der Waals surface area contributed by atoms with Crippen molar-refractivity contribution in [3.05, 3.63) is 0 Å². The van der Waals surface area contributed by atoms with Crippen molar-refractivity contribution < 1.29 is 14.3 Å². The number of hydrogen-bond acceptors (Lipinski definition) is 5. The molecule has 0 unspecified atom stereocenters. The Balaban J connectivity index is 3.44. The lowest BCUT2D eigenvalue weighted by molar-refractivity contribution is -0.117. The molecule has 0 aromatic carbocycles. The van der Waals surface area contributed by atoms with E-state index in [1.165, 1.54) is 11.8 Å². The number of carbonyl (C=O) groups is 2. The molecule has 0 aliphatic heterocycles. The van der Waals surface area contributed by atoms with Gasteiger partial charge in [0.25, 0.3) is 0 Å². The Morgan fingerprint density at radius 3 is 2.77 bits per heavy atom. The Kier molecular flexibility index (Phi) is 7.42. The van der Waals surface area contributed by atoms with Crippen LogP contribution in [-0.2, 0) is 9.53 Å². The molecule has 2 amide bonds. The van der Waals surface area contributed by atoms with Gasteiger partial charge in [0.2, 0.25) is 5.91 Å². The minimum atomic E-state index is -0.694. The molecular weight excluding hydrogens is 192 g/mol. The van der Waals surface area contributed by atoms with Gasteiger partial charge in [-0.05, 0) is 6.92 Å². The first-order chi connectivity index (χ1) is 6.20. The second-order valence-electron chi connectivity index (χ2n) is 2.11. The van der Waals surface area contributed by atoms with Crippen molar-refractivity contribution in [3.8, 4) is 0 Å². The van der Waals surface area contributed by atoms with Gasteiger partial charge in [-0.15, -0.1) is 0 Å². The van der Waals surface area contributed by atoms with Crippen LogP contribution < -0.4 is 11.1 Å². The Labute approximate surface area is 81.4 Å². The molecule has 0 rings (SSSR count). The summed E-state index contributed by atoms with van der Waals surface area (Å²) in [7, 11) is 0. The highest BCUT2D eigenvalue weighted by molar-refractivity contribution is 7.99. The molecule has 0 aromatic heterocycles. The van der Waals surface area contributed by atoms with Gasteiger partial charge in [-0.3, -0.25) is 10.1 Å². The van der Waals surface area contributed by atoms with Gasteiger partial charge in [-0.1, -0.05) is 0 Å². The molecule has 0 saturated heterocycles. The van der Waals surface area contributed by atoms with Crippen molar-refractivity contribution in [2.75, 3.05) is 24.7 Å². The number of rotatable bonds is 5. The van der Waals surface area contributed by atoms with E-state index in [4.69, 9.17) is 5.73 Å². The average Bonchev–Trinajstić information content (AvgIpc) is 2.05. The number of imide groups is 1. The SMILES string of the molecule is CCOC(=O)NC(=O)CSCCN. The number of hydrogen-bond donors (Lipinski definition) is 2. The number of ether oxygens (including phenoxy) is 1. The summed E-state index contributed by atoms with van der Waals surface area (Å²) in [5.41, 5.74) is 5.22. The van der Waals surface area contributed by atoms with Gasteiger partial charge in [0.15, 0.2) is 0 Å². The summed E-state index contributed by atoms with van der Waals surface area (Å²) in [4.78, 5) is 21.6. The van der Waals surface area contributed by atoms with E-state index in [1.807, 2.05) is 0 Å². The third-order valence-electron chi connectivity index (χ3n) is 1.01. The van der Waals surface area contributed by atoms with Crippen LogP contribution in [0, 0.1) is 0 Å². The predicted molar refractivity (Wildman–Crippen MR) is 51.5 cm³/mol. The van der Waals surface area contributed by atoms with E-state index >= 15 is 0 Å². The summed E-state index contributed by atoms with van der Waals surface area (Å²) < 4.78 is 4.51. The summed E-state index contributed by atoms with van der Waals surface area (Å²) in [6, 6.07) is 0. The van der Waals surface area contributed by atoms with E-state index in [1.54, 1.807) is 6.92 Å². The predicted octanol–water partition coefficient (Wildman–Crippen LogP) is -0.0490. The van der Waals surface area contributed by atoms with Crippen LogP contribution in [0.3, 0.4) is 0 Å². The third kappa shape index (κ3) is 7.61. The standard InChI is InChI=1S/C7H14N2O3S/c1-2-12-7(11)9-6(10)5-13-4-3-8/h2-5,8H2,1H3,(H,9,10,11). The quantitative estimate of drug-likeness (QED) is 0.616. The largest absolute Gasteiger partial charge is 0.450 e. The molecule has 0 aliphatic carbocycles. The number of amides is 2. The molecule has 3 N–H and O–H groups in total. The molecular formula is C7H14N2O3S. The third-order valence-corrected chi connectivity index (χ3v) is 2.00. The van der Waals surface area contributed by atoms with Crippen LogP contribution in [0.2, 0.25) is 0 Å². The fourth-order valence-electron chi connectivity index (χ4n) is 0.565. The van der Waals surface area contributed by atoms with Crippen LogP contribution in [0.15, 0.2) is 0 Å². The van der Waals surface area contributed by atoms with E-state index in [9.17, 15) is 9.59 Å². The first-order valence-electron chi connectivity index (χ1n) is 3.95. The van der Waals surface area contributed by atoms with Crippen molar-refractivity contribution in [1.82, 2.24) is 5.32 Å². The van der Waals surface area contributed by atoms with Crippen molar-refractivity contribution in [3.63, 3.8) is 0 Å². The fraction of sp³-hybridized carbons (Fsp3) is 0.714. The summed E-state index contributed by atoms with van der Waals surface area (Å²) in [6.45, 7) is 2.46. The van der Waals surface area contributed by atoms with Crippen LogP contribution in [0.4, 0.5) is 4.79 Å².